The molecule has 2 aromatic rings. The number of ether oxygens (including phenoxy) is 1. The zero-order valence-electron chi connectivity index (χ0n) is 10.2. The van der Waals surface area contributed by atoms with Gasteiger partial charge in [0.05, 0.1) is 7.11 Å². The molecule has 0 unspecified atom stereocenters. The van der Waals surface area contributed by atoms with Crippen molar-refractivity contribution < 1.29 is 4.74 Å². The molecule has 90 valence electrons. The largest absolute Gasteiger partial charge is 0.497 e. The average Bonchev–Trinajstić information content (AvgIpc) is 2.84. The molecule has 0 aliphatic carbocycles. The molecule has 0 radical (unpaired) electrons. The SMILES string of the molecule is COc1ccc(C)c(NCCc2cccs2)c1. The number of aryl methyl sites for hydroxylation is 1. The number of hydrogen-bond donors (Lipinski definition) is 1. The summed E-state index contributed by atoms with van der Waals surface area (Å²) in [5.41, 5.74) is 2.40. The molecule has 0 spiro atoms. The maximum Gasteiger partial charge on any atom is 0.120 e. The zero-order chi connectivity index (χ0) is 12.1. The van der Waals surface area contributed by atoms with Gasteiger partial charge in [0.1, 0.15) is 5.75 Å². The fourth-order valence-corrected chi connectivity index (χ4v) is 2.40. The van der Waals surface area contributed by atoms with Crippen LogP contribution in [-0.2, 0) is 6.42 Å². The van der Waals surface area contributed by atoms with Gasteiger partial charge in [-0.3, -0.25) is 0 Å². The van der Waals surface area contributed by atoms with Crippen LogP contribution in [0.15, 0.2) is 35.7 Å². The first kappa shape index (κ1) is 12.0. The van der Waals surface area contributed by atoms with E-state index in [0.29, 0.717) is 0 Å². The van der Waals surface area contributed by atoms with E-state index in [-0.39, 0.29) is 0 Å². The quantitative estimate of drug-likeness (QED) is 0.869. The topological polar surface area (TPSA) is 21.3 Å². The van der Waals surface area contributed by atoms with Gasteiger partial charge in [-0.15, -0.1) is 11.3 Å². The van der Waals surface area contributed by atoms with Gasteiger partial charge in [0.25, 0.3) is 0 Å². The van der Waals surface area contributed by atoms with Crippen LogP contribution in [-0.4, -0.2) is 13.7 Å². The molecule has 2 rings (SSSR count). The van der Waals surface area contributed by atoms with Crippen LogP contribution in [0.3, 0.4) is 0 Å². The van der Waals surface area contributed by atoms with E-state index < -0.39 is 0 Å². The molecular weight excluding hydrogens is 230 g/mol. The Morgan fingerprint density at radius 3 is 2.88 bits per heavy atom. The number of thiophene rings is 1. The first-order valence-electron chi connectivity index (χ1n) is 5.70. The first-order chi connectivity index (χ1) is 8.29. The third-order valence-corrected chi connectivity index (χ3v) is 3.65. The lowest BCUT2D eigenvalue weighted by Gasteiger charge is -2.10. The van der Waals surface area contributed by atoms with E-state index in [0.717, 1.165) is 24.4 Å². The summed E-state index contributed by atoms with van der Waals surface area (Å²) in [7, 11) is 1.69. The predicted molar refractivity (Wildman–Crippen MR) is 74.2 cm³/mol. The monoisotopic (exact) mass is 247 g/mol. The second-order valence-corrected chi connectivity index (χ2v) is 4.97. The predicted octanol–water partition coefficient (Wildman–Crippen LogP) is 3.72. The lowest BCUT2D eigenvalue weighted by Crippen LogP contribution is -2.05. The zero-order valence-corrected chi connectivity index (χ0v) is 11.0. The van der Waals surface area contributed by atoms with E-state index in [1.807, 2.05) is 12.1 Å². The highest BCUT2D eigenvalue weighted by atomic mass is 32.1. The van der Waals surface area contributed by atoms with Crippen LogP contribution < -0.4 is 10.1 Å². The molecule has 0 saturated heterocycles. The standard InChI is InChI=1S/C14H17NOS/c1-11-5-6-12(16-2)10-14(11)15-8-7-13-4-3-9-17-13/h3-6,9-10,15H,7-8H2,1-2H3. The van der Waals surface area contributed by atoms with Crippen LogP contribution in [0.25, 0.3) is 0 Å². The van der Waals surface area contributed by atoms with Crippen molar-refractivity contribution in [2.75, 3.05) is 19.0 Å². The summed E-state index contributed by atoms with van der Waals surface area (Å²) in [6.07, 6.45) is 1.06. The molecule has 0 fully saturated rings. The normalized spacial score (nSPS) is 10.2. The van der Waals surface area contributed by atoms with Crippen LogP contribution in [0.2, 0.25) is 0 Å². The third-order valence-electron chi connectivity index (χ3n) is 2.71. The lowest BCUT2D eigenvalue weighted by atomic mass is 10.2. The van der Waals surface area contributed by atoms with Crippen LogP contribution in [0.5, 0.6) is 5.75 Å². The van der Waals surface area contributed by atoms with Gasteiger partial charge in [-0.1, -0.05) is 12.1 Å². The summed E-state index contributed by atoms with van der Waals surface area (Å²) in [4.78, 5) is 1.41. The van der Waals surface area contributed by atoms with E-state index in [2.05, 4.69) is 35.8 Å². The maximum atomic E-state index is 5.22. The molecule has 1 heterocycles. The minimum Gasteiger partial charge on any atom is -0.497 e. The second-order valence-electron chi connectivity index (χ2n) is 3.94. The molecule has 0 amide bonds. The summed E-state index contributed by atoms with van der Waals surface area (Å²) in [6.45, 7) is 3.06. The van der Waals surface area contributed by atoms with Gasteiger partial charge in [-0.2, -0.15) is 0 Å². The number of nitrogens with one attached hydrogen (secondary N) is 1. The molecule has 0 aliphatic rings. The molecule has 2 nitrogen and oxygen atoms in total. The third kappa shape index (κ3) is 3.24. The number of benzene rings is 1. The van der Waals surface area contributed by atoms with Crippen molar-refractivity contribution in [1.29, 1.82) is 0 Å². The molecule has 0 bridgehead atoms. The van der Waals surface area contributed by atoms with Crippen molar-refractivity contribution in [3.05, 3.63) is 46.2 Å². The summed E-state index contributed by atoms with van der Waals surface area (Å²) >= 11 is 1.81. The Morgan fingerprint density at radius 2 is 2.18 bits per heavy atom. The highest BCUT2D eigenvalue weighted by Crippen LogP contribution is 2.21. The molecule has 0 atom stereocenters. The number of methoxy groups -OCH3 is 1. The average molecular weight is 247 g/mol. The van der Waals surface area contributed by atoms with Gasteiger partial charge in [-0.05, 0) is 36.4 Å². The highest BCUT2D eigenvalue weighted by molar-refractivity contribution is 7.09. The highest BCUT2D eigenvalue weighted by Gasteiger charge is 2.00. The molecule has 1 aromatic carbocycles. The fourth-order valence-electron chi connectivity index (χ4n) is 1.69. The fraction of sp³-hybridized carbons (Fsp3) is 0.286. The molecule has 0 saturated carbocycles. The summed E-state index contributed by atoms with van der Waals surface area (Å²) in [5.74, 6) is 0.897. The van der Waals surface area contributed by atoms with Crippen molar-refractivity contribution in [3.63, 3.8) is 0 Å². The van der Waals surface area contributed by atoms with Crippen LogP contribution in [0, 0.1) is 6.92 Å². The van der Waals surface area contributed by atoms with E-state index in [1.165, 1.54) is 10.4 Å². The van der Waals surface area contributed by atoms with Gasteiger partial charge in [-0.25, -0.2) is 0 Å². The van der Waals surface area contributed by atoms with Gasteiger partial charge >= 0.3 is 0 Å². The van der Waals surface area contributed by atoms with Gasteiger partial charge in [0.15, 0.2) is 0 Å². The summed E-state index contributed by atoms with van der Waals surface area (Å²) < 4.78 is 5.22. The molecule has 17 heavy (non-hydrogen) atoms. The van der Waals surface area contributed by atoms with E-state index >= 15 is 0 Å². The minimum absolute atomic E-state index is 0.897. The van der Waals surface area contributed by atoms with E-state index in [9.17, 15) is 0 Å². The Balaban J connectivity index is 1.94. The smallest absolute Gasteiger partial charge is 0.120 e. The minimum atomic E-state index is 0.897. The molecule has 3 heteroatoms. The number of rotatable bonds is 5. The molecular formula is C14H17NOS. The molecule has 1 N–H and O–H groups in total. The van der Waals surface area contributed by atoms with Crippen molar-refractivity contribution in [2.45, 2.75) is 13.3 Å². The van der Waals surface area contributed by atoms with Crippen molar-refractivity contribution >= 4 is 17.0 Å². The van der Waals surface area contributed by atoms with Crippen molar-refractivity contribution in [1.82, 2.24) is 0 Å². The Morgan fingerprint density at radius 1 is 1.29 bits per heavy atom. The number of hydrogen-bond acceptors (Lipinski definition) is 3. The van der Waals surface area contributed by atoms with Gasteiger partial charge in [0, 0.05) is 23.2 Å². The van der Waals surface area contributed by atoms with Crippen LogP contribution in [0.4, 0.5) is 5.69 Å². The first-order valence-corrected chi connectivity index (χ1v) is 6.58. The molecule has 0 aliphatic heterocycles. The Labute approximate surface area is 106 Å². The number of anilines is 1. The second kappa shape index (κ2) is 5.73. The maximum absolute atomic E-state index is 5.22. The Hall–Kier alpha value is -1.48. The molecule has 1 aromatic heterocycles. The van der Waals surface area contributed by atoms with Crippen LogP contribution >= 0.6 is 11.3 Å². The van der Waals surface area contributed by atoms with Crippen molar-refractivity contribution in [2.24, 2.45) is 0 Å². The summed E-state index contributed by atoms with van der Waals surface area (Å²) in [5, 5.41) is 5.57. The lowest BCUT2D eigenvalue weighted by molar-refractivity contribution is 0.415. The Bertz CT molecular complexity index is 465. The van der Waals surface area contributed by atoms with Gasteiger partial charge < -0.3 is 10.1 Å². The Kier molecular flexibility index (Phi) is 4.04. The summed E-state index contributed by atoms with van der Waals surface area (Å²) in [6, 6.07) is 10.4. The van der Waals surface area contributed by atoms with Gasteiger partial charge in [0.2, 0.25) is 0 Å². The van der Waals surface area contributed by atoms with Crippen LogP contribution in [0.1, 0.15) is 10.4 Å². The van der Waals surface area contributed by atoms with Crippen molar-refractivity contribution in [3.8, 4) is 5.75 Å². The van der Waals surface area contributed by atoms with E-state index in [1.54, 1.807) is 18.4 Å². The van der Waals surface area contributed by atoms with E-state index in [4.69, 9.17) is 4.74 Å².